The summed E-state index contributed by atoms with van der Waals surface area (Å²) in [6.45, 7) is 7.54. The molecule has 0 heterocycles. The molecule has 9 nitrogen and oxygen atoms in total. The van der Waals surface area contributed by atoms with Gasteiger partial charge in [0.15, 0.2) is 18.0 Å². The summed E-state index contributed by atoms with van der Waals surface area (Å²) in [5.41, 5.74) is -1.95. The van der Waals surface area contributed by atoms with Crippen molar-refractivity contribution >= 4 is 23.9 Å². The summed E-state index contributed by atoms with van der Waals surface area (Å²) in [6.07, 6.45) is 7.19. The number of hydrogen-bond donors (Lipinski definition) is 1. The third kappa shape index (κ3) is 5.14. The normalized spacial score (nSPS) is 36.6. The Hall–Kier alpha value is -2.68. The first-order chi connectivity index (χ1) is 18.5. The number of ether oxygens (including phenoxy) is 4. The Balaban J connectivity index is 1.62. The van der Waals surface area contributed by atoms with Gasteiger partial charge in [0.05, 0.1) is 19.3 Å². The van der Waals surface area contributed by atoms with E-state index < -0.39 is 47.2 Å². The third-order valence-corrected chi connectivity index (χ3v) is 9.79. The van der Waals surface area contributed by atoms with Gasteiger partial charge in [-0.3, -0.25) is 9.59 Å². The Morgan fingerprint density at radius 2 is 1.77 bits per heavy atom. The zero-order valence-corrected chi connectivity index (χ0v) is 23.5. The van der Waals surface area contributed by atoms with Gasteiger partial charge < -0.3 is 24.1 Å². The van der Waals surface area contributed by atoms with E-state index in [2.05, 4.69) is 6.92 Å². The van der Waals surface area contributed by atoms with Gasteiger partial charge in [-0.2, -0.15) is 0 Å². The Kier molecular flexibility index (Phi) is 8.59. The minimum absolute atomic E-state index is 0.0327. The molecule has 1 N–H and O–H groups in total. The summed E-state index contributed by atoms with van der Waals surface area (Å²) in [4.78, 5) is 50.8. The number of carbonyl (C=O) groups excluding carboxylic acids is 4. The Bertz CT molecular complexity index is 1050. The molecular formula is C30H42O9. The van der Waals surface area contributed by atoms with Gasteiger partial charge in [0.25, 0.3) is 0 Å². The molecule has 9 heteroatoms. The zero-order chi connectivity index (χ0) is 28.4. The number of allylic oxidation sites excluding steroid dienone is 4. The fourth-order valence-electron chi connectivity index (χ4n) is 7.94. The average Bonchev–Trinajstić information content (AvgIpc) is 3.18. The number of aliphatic hydroxyl groups is 1. The molecule has 7 atom stereocenters. The quantitative estimate of drug-likeness (QED) is 0.311. The van der Waals surface area contributed by atoms with Gasteiger partial charge in [0.2, 0.25) is 5.78 Å². The minimum Gasteiger partial charge on any atom is -0.434 e. The summed E-state index contributed by atoms with van der Waals surface area (Å²) < 4.78 is 21.3. The first-order valence-electron chi connectivity index (χ1n) is 14.3. The average molecular weight is 547 g/mol. The van der Waals surface area contributed by atoms with E-state index in [4.69, 9.17) is 18.9 Å². The maximum absolute atomic E-state index is 13.9. The van der Waals surface area contributed by atoms with Gasteiger partial charge in [-0.15, -0.1) is 0 Å². The summed E-state index contributed by atoms with van der Waals surface area (Å²) in [5, 5.41) is 11.7. The van der Waals surface area contributed by atoms with Crippen molar-refractivity contribution in [3.8, 4) is 0 Å². The van der Waals surface area contributed by atoms with Crippen LogP contribution in [0.1, 0.15) is 79.1 Å². The van der Waals surface area contributed by atoms with Crippen molar-refractivity contribution in [1.29, 1.82) is 0 Å². The lowest BCUT2D eigenvalue weighted by atomic mass is 9.46. The monoisotopic (exact) mass is 546 g/mol. The summed E-state index contributed by atoms with van der Waals surface area (Å²) in [5.74, 6) is -0.695. The smallest absolute Gasteiger partial charge is 0.434 e. The van der Waals surface area contributed by atoms with Crippen LogP contribution in [0, 0.1) is 28.6 Å². The fourth-order valence-corrected chi connectivity index (χ4v) is 7.94. The van der Waals surface area contributed by atoms with Crippen LogP contribution in [-0.2, 0) is 28.5 Å². The molecule has 3 fully saturated rings. The lowest BCUT2D eigenvalue weighted by Crippen LogP contribution is -2.63. The minimum atomic E-state index is -1.62. The SMILES string of the molecule is CCCCOC(=O)OCC(=O)[C@@]1(OC(=O)OCCC)CC[C@H]2[C@@H]3CCC4=CC(=O)C=C[C@]4(C)[C@H]3C(O)C[C@@]21C. The van der Waals surface area contributed by atoms with Gasteiger partial charge in [0.1, 0.15) is 0 Å². The van der Waals surface area contributed by atoms with Crippen LogP contribution in [0.5, 0.6) is 0 Å². The molecule has 0 spiro atoms. The van der Waals surface area contributed by atoms with Crippen LogP contribution >= 0.6 is 0 Å². The van der Waals surface area contributed by atoms with Crippen molar-refractivity contribution < 1.29 is 43.2 Å². The molecule has 0 amide bonds. The largest absolute Gasteiger partial charge is 0.509 e. The zero-order valence-electron chi connectivity index (χ0n) is 23.5. The molecule has 0 aliphatic heterocycles. The Labute approximate surface area is 230 Å². The van der Waals surface area contributed by atoms with Crippen molar-refractivity contribution in [1.82, 2.24) is 0 Å². The molecule has 39 heavy (non-hydrogen) atoms. The first-order valence-corrected chi connectivity index (χ1v) is 14.3. The van der Waals surface area contributed by atoms with Crippen LogP contribution in [-0.4, -0.2) is 60.5 Å². The number of hydrogen-bond acceptors (Lipinski definition) is 9. The lowest BCUT2D eigenvalue weighted by Gasteiger charge is -2.59. The number of ketones is 2. The second-order valence-electron chi connectivity index (χ2n) is 11.9. The van der Waals surface area contributed by atoms with Crippen molar-refractivity contribution in [2.45, 2.75) is 90.8 Å². The topological polar surface area (TPSA) is 125 Å². The highest BCUT2D eigenvalue weighted by Crippen LogP contribution is 2.68. The molecule has 1 unspecified atom stereocenters. The van der Waals surface area contributed by atoms with Crippen LogP contribution < -0.4 is 0 Å². The van der Waals surface area contributed by atoms with Gasteiger partial charge >= 0.3 is 12.3 Å². The maximum atomic E-state index is 13.9. The van der Waals surface area contributed by atoms with Gasteiger partial charge in [-0.1, -0.05) is 45.8 Å². The fraction of sp³-hybridized carbons (Fsp3) is 0.733. The molecule has 216 valence electrons. The van der Waals surface area contributed by atoms with Crippen molar-refractivity contribution in [2.75, 3.05) is 19.8 Å². The Morgan fingerprint density at radius 3 is 2.49 bits per heavy atom. The standard InChI is InChI=1S/C30H42O9/c1-5-7-15-37-26(34)38-18-24(33)30(39-27(35)36-14-6-2)13-11-22-21-9-8-19-16-20(31)10-12-28(19,3)25(21)23(32)17-29(22,30)4/h10,12,16,21-23,25,32H,5-9,11,13-15,17-18H2,1-4H3/t21-,22-,23?,25+,28-,29-,30-/m0/s1. The predicted molar refractivity (Wildman–Crippen MR) is 141 cm³/mol. The second-order valence-corrected chi connectivity index (χ2v) is 11.9. The molecule has 4 rings (SSSR count). The van der Waals surface area contributed by atoms with Crippen LogP contribution in [0.3, 0.4) is 0 Å². The lowest BCUT2D eigenvalue weighted by molar-refractivity contribution is -0.184. The predicted octanol–water partition coefficient (Wildman–Crippen LogP) is 5.09. The van der Waals surface area contributed by atoms with E-state index in [1.807, 2.05) is 26.8 Å². The van der Waals surface area contributed by atoms with Crippen molar-refractivity contribution in [3.05, 3.63) is 23.8 Å². The Morgan fingerprint density at radius 1 is 1.03 bits per heavy atom. The summed E-state index contributed by atoms with van der Waals surface area (Å²) in [6, 6.07) is 0. The molecule has 4 aliphatic rings. The number of aliphatic hydroxyl groups excluding tert-OH is 1. The summed E-state index contributed by atoms with van der Waals surface area (Å²) >= 11 is 0. The molecule has 0 bridgehead atoms. The summed E-state index contributed by atoms with van der Waals surface area (Å²) in [7, 11) is 0. The highest BCUT2D eigenvalue weighted by molar-refractivity contribution is 6.01. The van der Waals surface area contributed by atoms with E-state index in [-0.39, 0.29) is 49.6 Å². The third-order valence-electron chi connectivity index (χ3n) is 9.79. The number of unbranched alkanes of at least 4 members (excludes halogenated alkanes) is 1. The molecule has 0 aromatic rings. The molecule has 0 aromatic heterocycles. The van der Waals surface area contributed by atoms with Crippen molar-refractivity contribution in [2.24, 2.45) is 28.6 Å². The number of carbonyl (C=O) groups is 4. The van der Waals surface area contributed by atoms with E-state index >= 15 is 0 Å². The molecule has 0 aromatic carbocycles. The van der Waals surface area contributed by atoms with Crippen LogP contribution in [0.15, 0.2) is 23.8 Å². The molecule has 0 saturated heterocycles. The molecule has 0 radical (unpaired) electrons. The second kappa shape index (κ2) is 11.4. The van der Waals surface area contributed by atoms with E-state index in [1.54, 1.807) is 12.2 Å². The van der Waals surface area contributed by atoms with E-state index in [1.165, 1.54) is 0 Å². The number of rotatable bonds is 9. The van der Waals surface area contributed by atoms with Gasteiger partial charge in [-0.25, -0.2) is 9.59 Å². The van der Waals surface area contributed by atoms with Crippen molar-refractivity contribution in [3.63, 3.8) is 0 Å². The molecule has 3 saturated carbocycles. The van der Waals surface area contributed by atoms with E-state index in [9.17, 15) is 24.3 Å². The molecule has 4 aliphatic carbocycles. The van der Waals surface area contributed by atoms with E-state index in [0.29, 0.717) is 19.3 Å². The highest BCUT2D eigenvalue weighted by atomic mass is 16.7. The highest BCUT2D eigenvalue weighted by Gasteiger charge is 2.70. The first kappa shape index (κ1) is 29.3. The number of fused-ring (bicyclic) bond motifs is 5. The van der Waals surface area contributed by atoms with E-state index in [0.717, 1.165) is 24.8 Å². The molecular weight excluding hydrogens is 504 g/mol. The van der Waals surface area contributed by atoms with Gasteiger partial charge in [-0.05, 0) is 68.9 Å². The van der Waals surface area contributed by atoms with Crippen LogP contribution in [0.4, 0.5) is 9.59 Å². The maximum Gasteiger partial charge on any atom is 0.509 e. The van der Waals surface area contributed by atoms with Gasteiger partial charge in [0, 0.05) is 16.7 Å². The van der Waals surface area contributed by atoms with Crippen LogP contribution in [0.2, 0.25) is 0 Å². The number of Topliss-reactive ketones (excluding diaryl/α,β-unsaturated/α-hetero) is 1. The van der Waals surface area contributed by atoms with Crippen LogP contribution in [0.25, 0.3) is 0 Å².